The third kappa shape index (κ3) is 2.49. The van der Waals surface area contributed by atoms with E-state index >= 15 is 0 Å². The fraction of sp³-hybridized carbons (Fsp3) is 0.222. The molecule has 0 fully saturated rings. The molecule has 0 aliphatic rings. The van der Waals surface area contributed by atoms with Crippen LogP contribution >= 0.6 is 43.5 Å². The van der Waals surface area contributed by atoms with E-state index in [1.54, 1.807) is 6.07 Å². The fourth-order valence-corrected chi connectivity index (χ4v) is 2.43. The molecule has 2 nitrogen and oxygen atoms in total. The van der Waals surface area contributed by atoms with Crippen LogP contribution in [0.2, 0.25) is 5.02 Å². The van der Waals surface area contributed by atoms with Crippen LogP contribution in [0.4, 0.5) is 0 Å². The van der Waals surface area contributed by atoms with Crippen LogP contribution in [0.5, 0.6) is 0 Å². The van der Waals surface area contributed by atoms with Crippen molar-refractivity contribution < 1.29 is 9.53 Å². The first-order chi connectivity index (χ1) is 6.60. The van der Waals surface area contributed by atoms with Gasteiger partial charge in [0, 0.05) is 9.80 Å². The molecule has 1 aromatic rings. The smallest absolute Gasteiger partial charge is 0.340 e. The lowest BCUT2D eigenvalue weighted by Crippen LogP contribution is -2.03. The van der Waals surface area contributed by atoms with Gasteiger partial charge in [0.1, 0.15) is 0 Å². The van der Waals surface area contributed by atoms with Gasteiger partial charge in [-0.15, -0.1) is 0 Å². The Balaban J connectivity index is 3.25. The summed E-state index contributed by atoms with van der Waals surface area (Å²) in [6.07, 6.45) is 0. The second kappa shape index (κ2) is 5.14. The Morgan fingerprint density at radius 3 is 2.64 bits per heavy atom. The number of ether oxygens (including phenoxy) is 1. The van der Waals surface area contributed by atoms with Crippen molar-refractivity contribution >= 4 is 49.4 Å². The summed E-state index contributed by atoms with van der Waals surface area (Å²) in [5.74, 6) is -0.442. The zero-order valence-corrected chi connectivity index (χ0v) is 11.2. The average molecular weight is 342 g/mol. The summed E-state index contributed by atoms with van der Waals surface area (Å²) >= 11 is 12.5. The Labute approximate surface area is 104 Å². The number of hydrogen-bond donors (Lipinski definition) is 0. The van der Waals surface area contributed by atoms with Crippen LogP contribution in [-0.2, 0) is 10.1 Å². The fourth-order valence-electron chi connectivity index (χ4n) is 1.000. The predicted octanol–water partition coefficient (Wildman–Crippen LogP) is 3.78. The molecular weight excluding hydrogens is 335 g/mol. The van der Waals surface area contributed by atoms with Crippen molar-refractivity contribution in [3.63, 3.8) is 0 Å². The van der Waals surface area contributed by atoms with Crippen LogP contribution in [0.1, 0.15) is 15.9 Å². The highest BCUT2D eigenvalue weighted by Gasteiger charge is 2.15. The third-order valence-corrected chi connectivity index (χ3v) is 3.22. The monoisotopic (exact) mass is 340 g/mol. The largest absolute Gasteiger partial charge is 0.465 e. The molecule has 0 atom stereocenters. The van der Waals surface area contributed by atoms with Crippen molar-refractivity contribution in [1.29, 1.82) is 0 Å². The summed E-state index contributed by atoms with van der Waals surface area (Å²) in [5, 5.41) is 1.08. The van der Waals surface area contributed by atoms with Crippen LogP contribution in [0.25, 0.3) is 0 Å². The molecule has 0 spiro atoms. The second-order valence-corrected chi connectivity index (χ2v) is 4.38. The Kier molecular flexibility index (Phi) is 4.41. The highest BCUT2D eigenvalue weighted by atomic mass is 79.9. The molecule has 0 aromatic heterocycles. The standard InChI is InChI=1S/C9H7Br2ClO2/c1-14-9(13)8-6(11)2-5(4-10)3-7(8)12/h2-3H,4H2,1H3. The molecule has 76 valence electrons. The van der Waals surface area contributed by atoms with E-state index in [4.69, 9.17) is 11.6 Å². The minimum absolute atomic E-state index is 0.360. The zero-order valence-electron chi connectivity index (χ0n) is 7.31. The topological polar surface area (TPSA) is 26.3 Å². The maximum atomic E-state index is 11.3. The SMILES string of the molecule is COC(=O)c1c(Cl)cc(CBr)cc1Br. The maximum Gasteiger partial charge on any atom is 0.340 e. The summed E-state index contributed by atoms with van der Waals surface area (Å²) in [7, 11) is 1.32. The summed E-state index contributed by atoms with van der Waals surface area (Å²) in [4.78, 5) is 11.3. The minimum atomic E-state index is -0.442. The van der Waals surface area contributed by atoms with E-state index in [1.807, 2.05) is 6.07 Å². The summed E-state index contributed by atoms with van der Waals surface area (Å²) < 4.78 is 5.25. The van der Waals surface area contributed by atoms with Gasteiger partial charge in [0.05, 0.1) is 17.7 Å². The molecule has 0 amide bonds. The highest BCUT2D eigenvalue weighted by molar-refractivity contribution is 9.10. The normalized spacial score (nSPS) is 10.0. The van der Waals surface area contributed by atoms with Gasteiger partial charge in [0.2, 0.25) is 0 Å². The van der Waals surface area contributed by atoms with Gasteiger partial charge in [-0.05, 0) is 33.6 Å². The van der Waals surface area contributed by atoms with Crippen LogP contribution in [0, 0.1) is 0 Å². The van der Waals surface area contributed by atoms with Crippen LogP contribution < -0.4 is 0 Å². The molecule has 0 saturated carbocycles. The number of rotatable bonds is 2. The van der Waals surface area contributed by atoms with Gasteiger partial charge in [0.15, 0.2) is 0 Å². The van der Waals surface area contributed by atoms with Crippen LogP contribution in [0.3, 0.4) is 0 Å². The first kappa shape index (κ1) is 12.0. The Morgan fingerprint density at radius 1 is 1.57 bits per heavy atom. The number of alkyl halides is 1. The van der Waals surface area contributed by atoms with Gasteiger partial charge in [-0.3, -0.25) is 0 Å². The van der Waals surface area contributed by atoms with Crippen LogP contribution in [0.15, 0.2) is 16.6 Å². The van der Waals surface area contributed by atoms with Crippen molar-refractivity contribution in [3.05, 3.63) is 32.8 Å². The van der Waals surface area contributed by atoms with E-state index in [9.17, 15) is 4.79 Å². The molecule has 1 rings (SSSR count). The minimum Gasteiger partial charge on any atom is -0.465 e. The zero-order chi connectivity index (χ0) is 10.7. The number of benzene rings is 1. The average Bonchev–Trinajstić information content (AvgIpc) is 2.16. The van der Waals surface area contributed by atoms with Crippen molar-refractivity contribution in [2.75, 3.05) is 7.11 Å². The van der Waals surface area contributed by atoms with Gasteiger partial charge >= 0.3 is 5.97 Å². The molecule has 0 saturated heterocycles. The van der Waals surface area contributed by atoms with E-state index in [0.717, 1.165) is 5.56 Å². The molecule has 0 bridgehead atoms. The molecule has 14 heavy (non-hydrogen) atoms. The highest BCUT2D eigenvalue weighted by Crippen LogP contribution is 2.28. The summed E-state index contributed by atoms with van der Waals surface area (Å²) in [6.45, 7) is 0. The van der Waals surface area contributed by atoms with Crippen molar-refractivity contribution in [2.45, 2.75) is 5.33 Å². The quantitative estimate of drug-likeness (QED) is 0.604. The van der Waals surface area contributed by atoms with E-state index in [-0.39, 0.29) is 0 Å². The van der Waals surface area contributed by atoms with E-state index in [2.05, 4.69) is 36.6 Å². The van der Waals surface area contributed by atoms with Gasteiger partial charge in [0.25, 0.3) is 0 Å². The molecule has 0 N–H and O–H groups in total. The molecule has 1 aromatic carbocycles. The molecule has 0 radical (unpaired) electrons. The van der Waals surface area contributed by atoms with E-state index < -0.39 is 5.97 Å². The van der Waals surface area contributed by atoms with Gasteiger partial charge < -0.3 is 4.74 Å². The summed E-state index contributed by atoms with van der Waals surface area (Å²) in [5.41, 5.74) is 1.35. The van der Waals surface area contributed by atoms with Crippen LogP contribution in [-0.4, -0.2) is 13.1 Å². The van der Waals surface area contributed by atoms with Crippen molar-refractivity contribution in [1.82, 2.24) is 0 Å². The molecule has 0 heterocycles. The Bertz CT molecular complexity index is 343. The van der Waals surface area contributed by atoms with Gasteiger partial charge in [-0.2, -0.15) is 0 Å². The first-order valence-electron chi connectivity index (χ1n) is 3.72. The molecular formula is C9H7Br2ClO2. The number of hydrogen-bond acceptors (Lipinski definition) is 2. The number of methoxy groups -OCH3 is 1. The molecule has 5 heteroatoms. The van der Waals surface area contributed by atoms with Gasteiger partial charge in [-0.25, -0.2) is 4.79 Å². The van der Waals surface area contributed by atoms with Gasteiger partial charge in [-0.1, -0.05) is 27.5 Å². The maximum absolute atomic E-state index is 11.3. The lowest BCUT2D eigenvalue weighted by Gasteiger charge is -2.06. The lowest BCUT2D eigenvalue weighted by atomic mass is 10.1. The predicted molar refractivity (Wildman–Crippen MR) is 63.1 cm³/mol. The number of esters is 1. The first-order valence-corrected chi connectivity index (χ1v) is 6.01. The molecule has 0 aliphatic carbocycles. The molecule has 0 aliphatic heterocycles. The second-order valence-electron chi connectivity index (χ2n) is 2.56. The number of carbonyl (C=O) groups excluding carboxylic acids is 1. The summed E-state index contributed by atoms with van der Waals surface area (Å²) in [6, 6.07) is 3.56. The Hall–Kier alpha value is -0.0600. The van der Waals surface area contributed by atoms with Crippen molar-refractivity contribution in [2.24, 2.45) is 0 Å². The Morgan fingerprint density at radius 2 is 2.21 bits per heavy atom. The number of halogens is 3. The number of carbonyl (C=O) groups is 1. The lowest BCUT2D eigenvalue weighted by molar-refractivity contribution is 0.0600. The van der Waals surface area contributed by atoms with Crippen molar-refractivity contribution in [3.8, 4) is 0 Å². The van der Waals surface area contributed by atoms with E-state index in [0.29, 0.717) is 20.4 Å². The van der Waals surface area contributed by atoms with E-state index in [1.165, 1.54) is 7.11 Å². The third-order valence-electron chi connectivity index (χ3n) is 1.65. The molecule has 0 unspecified atom stereocenters.